The predicted octanol–water partition coefficient (Wildman–Crippen LogP) is 6.11. The van der Waals surface area contributed by atoms with Crippen LogP contribution in [-0.2, 0) is 0 Å². The minimum Gasteiger partial charge on any atom is -0.378 e. The Morgan fingerprint density at radius 3 is 1.81 bits per heavy atom. The highest BCUT2D eigenvalue weighted by molar-refractivity contribution is 5.54. The van der Waals surface area contributed by atoms with Gasteiger partial charge in [0.15, 0.2) is 0 Å². The van der Waals surface area contributed by atoms with Crippen molar-refractivity contribution in [1.29, 1.82) is 0 Å². The molecule has 0 aromatic heterocycles. The van der Waals surface area contributed by atoms with E-state index in [0.717, 1.165) is 0 Å². The Kier molecular flexibility index (Phi) is 5.06. The summed E-state index contributed by atoms with van der Waals surface area (Å²) in [7, 11) is 0. The molecule has 112 valence electrons. The van der Waals surface area contributed by atoms with E-state index in [0.29, 0.717) is 17.9 Å². The van der Waals surface area contributed by atoms with E-state index in [2.05, 4.69) is 88.5 Å². The van der Waals surface area contributed by atoms with Crippen LogP contribution >= 0.6 is 0 Å². The number of para-hydroxylation sites is 1. The summed E-state index contributed by atoms with van der Waals surface area (Å²) < 4.78 is 0. The van der Waals surface area contributed by atoms with E-state index in [-0.39, 0.29) is 0 Å². The van der Waals surface area contributed by atoms with Gasteiger partial charge in [-0.15, -0.1) is 0 Å². The van der Waals surface area contributed by atoms with Crippen molar-refractivity contribution in [2.45, 2.75) is 52.5 Å². The molecule has 0 fully saturated rings. The van der Waals surface area contributed by atoms with Crippen LogP contribution in [0.2, 0.25) is 0 Å². The number of anilines is 1. The maximum atomic E-state index is 3.66. The van der Waals surface area contributed by atoms with Gasteiger partial charge in [0.25, 0.3) is 0 Å². The topological polar surface area (TPSA) is 12.0 Å². The third kappa shape index (κ3) is 3.87. The average Bonchev–Trinajstić information content (AvgIpc) is 2.47. The van der Waals surface area contributed by atoms with Crippen molar-refractivity contribution in [3.8, 4) is 0 Å². The minimum absolute atomic E-state index is 0.311. The molecule has 0 spiro atoms. The molecular formula is C20H27N. The SMILES string of the molecule is CC(C)c1ccc(C(C)Nc2ccccc2C(C)C)cc1. The number of hydrogen-bond donors (Lipinski definition) is 1. The highest BCUT2D eigenvalue weighted by atomic mass is 14.9. The van der Waals surface area contributed by atoms with Crippen molar-refractivity contribution in [2.24, 2.45) is 0 Å². The Balaban J connectivity index is 2.16. The molecule has 1 unspecified atom stereocenters. The standard InChI is InChI=1S/C20H27N/c1-14(2)17-10-12-18(13-11-17)16(5)21-20-9-7-6-8-19(20)15(3)4/h6-16,21H,1-5H3. The van der Waals surface area contributed by atoms with Crippen LogP contribution < -0.4 is 5.32 Å². The molecule has 0 aliphatic heterocycles. The van der Waals surface area contributed by atoms with Crippen LogP contribution in [0.25, 0.3) is 0 Å². The van der Waals surface area contributed by atoms with E-state index >= 15 is 0 Å². The summed E-state index contributed by atoms with van der Waals surface area (Å²) in [4.78, 5) is 0. The van der Waals surface area contributed by atoms with Gasteiger partial charge in [-0.25, -0.2) is 0 Å². The largest absolute Gasteiger partial charge is 0.378 e. The molecule has 0 amide bonds. The molecule has 0 saturated heterocycles. The summed E-state index contributed by atoms with van der Waals surface area (Å²) in [5, 5.41) is 3.66. The summed E-state index contributed by atoms with van der Waals surface area (Å²) in [5.41, 5.74) is 5.35. The van der Waals surface area contributed by atoms with Crippen LogP contribution in [-0.4, -0.2) is 0 Å². The van der Waals surface area contributed by atoms with Gasteiger partial charge < -0.3 is 5.32 Å². The van der Waals surface area contributed by atoms with Gasteiger partial charge in [-0.1, -0.05) is 70.2 Å². The molecule has 1 N–H and O–H groups in total. The molecule has 1 nitrogen and oxygen atoms in total. The molecular weight excluding hydrogens is 254 g/mol. The fourth-order valence-corrected chi connectivity index (χ4v) is 2.62. The third-order valence-corrected chi connectivity index (χ3v) is 4.06. The van der Waals surface area contributed by atoms with Crippen molar-refractivity contribution in [3.05, 3.63) is 65.2 Å². The van der Waals surface area contributed by atoms with Gasteiger partial charge in [-0.3, -0.25) is 0 Å². The monoisotopic (exact) mass is 281 g/mol. The average molecular weight is 281 g/mol. The minimum atomic E-state index is 0.311. The Morgan fingerprint density at radius 2 is 1.24 bits per heavy atom. The molecule has 21 heavy (non-hydrogen) atoms. The van der Waals surface area contributed by atoms with E-state index in [1.807, 2.05) is 0 Å². The first-order chi connectivity index (χ1) is 9.99. The van der Waals surface area contributed by atoms with E-state index in [1.54, 1.807) is 0 Å². The molecule has 2 aromatic carbocycles. The Labute approximate surface area is 129 Å². The number of hydrogen-bond acceptors (Lipinski definition) is 1. The zero-order valence-corrected chi connectivity index (χ0v) is 13.9. The quantitative estimate of drug-likeness (QED) is 0.697. The van der Waals surface area contributed by atoms with Gasteiger partial charge in [0.1, 0.15) is 0 Å². The highest BCUT2D eigenvalue weighted by Crippen LogP contribution is 2.28. The van der Waals surface area contributed by atoms with Crippen LogP contribution in [0.3, 0.4) is 0 Å². The van der Waals surface area contributed by atoms with Gasteiger partial charge >= 0.3 is 0 Å². The van der Waals surface area contributed by atoms with Crippen LogP contribution in [0.4, 0.5) is 5.69 Å². The van der Waals surface area contributed by atoms with Gasteiger partial charge in [-0.2, -0.15) is 0 Å². The second kappa shape index (κ2) is 6.80. The smallest absolute Gasteiger partial charge is 0.0485 e. The second-order valence-corrected chi connectivity index (χ2v) is 6.43. The number of nitrogens with one attached hydrogen (secondary N) is 1. The summed E-state index contributed by atoms with van der Waals surface area (Å²) >= 11 is 0. The lowest BCUT2D eigenvalue weighted by atomic mass is 9.98. The molecule has 0 bridgehead atoms. The van der Waals surface area contributed by atoms with Crippen molar-refractivity contribution < 1.29 is 0 Å². The Morgan fingerprint density at radius 1 is 0.667 bits per heavy atom. The summed E-state index contributed by atoms with van der Waals surface area (Å²) in [6.07, 6.45) is 0. The van der Waals surface area contributed by atoms with Crippen LogP contribution in [0.1, 0.15) is 69.2 Å². The molecule has 0 aliphatic carbocycles. The first-order valence-corrected chi connectivity index (χ1v) is 7.94. The number of benzene rings is 2. The molecule has 0 heterocycles. The number of rotatable bonds is 5. The van der Waals surface area contributed by atoms with Gasteiger partial charge in [0, 0.05) is 11.7 Å². The normalized spacial score (nSPS) is 12.7. The van der Waals surface area contributed by atoms with Gasteiger partial charge in [0.2, 0.25) is 0 Å². The predicted molar refractivity (Wildman–Crippen MR) is 93.1 cm³/mol. The zero-order chi connectivity index (χ0) is 15.4. The van der Waals surface area contributed by atoms with Crippen LogP contribution in [0.5, 0.6) is 0 Å². The van der Waals surface area contributed by atoms with E-state index in [1.165, 1.54) is 22.4 Å². The molecule has 0 aliphatic rings. The van der Waals surface area contributed by atoms with E-state index < -0.39 is 0 Å². The lowest BCUT2D eigenvalue weighted by molar-refractivity contribution is 0.835. The van der Waals surface area contributed by atoms with Crippen molar-refractivity contribution >= 4 is 5.69 Å². The fourth-order valence-electron chi connectivity index (χ4n) is 2.62. The summed E-state index contributed by atoms with van der Waals surface area (Å²) in [6.45, 7) is 11.2. The molecule has 2 aromatic rings. The van der Waals surface area contributed by atoms with E-state index in [9.17, 15) is 0 Å². The van der Waals surface area contributed by atoms with Crippen molar-refractivity contribution in [3.63, 3.8) is 0 Å². The third-order valence-electron chi connectivity index (χ3n) is 4.06. The molecule has 1 atom stereocenters. The molecule has 1 heteroatoms. The molecule has 0 saturated carbocycles. The second-order valence-electron chi connectivity index (χ2n) is 6.43. The van der Waals surface area contributed by atoms with Crippen LogP contribution in [0, 0.1) is 0 Å². The zero-order valence-electron chi connectivity index (χ0n) is 13.9. The Hall–Kier alpha value is -1.76. The fraction of sp³-hybridized carbons (Fsp3) is 0.400. The molecule has 0 radical (unpaired) electrons. The van der Waals surface area contributed by atoms with Crippen molar-refractivity contribution in [2.75, 3.05) is 5.32 Å². The van der Waals surface area contributed by atoms with Gasteiger partial charge in [0.05, 0.1) is 0 Å². The van der Waals surface area contributed by atoms with E-state index in [4.69, 9.17) is 0 Å². The highest BCUT2D eigenvalue weighted by Gasteiger charge is 2.10. The Bertz CT molecular complexity index is 567. The lowest BCUT2D eigenvalue weighted by Gasteiger charge is -2.20. The van der Waals surface area contributed by atoms with Gasteiger partial charge in [-0.05, 0) is 41.5 Å². The summed E-state index contributed by atoms with van der Waals surface area (Å²) in [5.74, 6) is 1.12. The lowest BCUT2D eigenvalue weighted by Crippen LogP contribution is -2.09. The van der Waals surface area contributed by atoms with Crippen LogP contribution in [0.15, 0.2) is 48.5 Å². The molecule has 2 rings (SSSR count). The first-order valence-electron chi connectivity index (χ1n) is 7.94. The van der Waals surface area contributed by atoms with Crippen molar-refractivity contribution in [1.82, 2.24) is 0 Å². The summed E-state index contributed by atoms with van der Waals surface area (Å²) in [6, 6.07) is 17.9. The maximum Gasteiger partial charge on any atom is 0.0485 e. The first kappa shape index (κ1) is 15.6. The maximum absolute atomic E-state index is 3.66.